The van der Waals surface area contributed by atoms with E-state index in [-0.39, 0.29) is 18.6 Å². The average Bonchev–Trinajstić information content (AvgIpc) is 2.42. The van der Waals surface area contributed by atoms with Crippen molar-refractivity contribution >= 4 is 5.91 Å². The maximum atomic E-state index is 11.7. The predicted octanol–water partition coefficient (Wildman–Crippen LogP) is 2.14. The van der Waals surface area contributed by atoms with E-state index < -0.39 is 0 Å². The van der Waals surface area contributed by atoms with Crippen LogP contribution in [0.5, 0.6) is 0 Å². The van der Waals surface area contributed by atoms with Crippen molar-refractivity contribution in [2.24, 2.45) is 0 Å². The fourth-order valence-electron chi connectivity index (χ4n) is 1.47. The van der Waals surface area contributed by atoms with Gasteiger partial charge in [-0.15, -0.1) is 0 Å². The second-order valence-electron chi connectivity index (χ2n) is 4.09. The molecule has 4 heteroatoms. The number of likely N-dealkylation sites (N-methyl/N-ethyl adjacent to an activating group) is 1. The van der Waals surface area contributed by atoms with Crippen LogP contribution in [0.4, 0.5) is 0 Å². The van der Waals surface area contributed by atoms with Gasteiger partial charge < -0.3 is 9.64 Å². The van der Waals surface area contributed by atoms with Crippen LogP contribution in [-0.2, 0) is 9.53 Å². The minimum atomic E-state index is -0.112. The van der Waals surface area contributed by atoms with Crippen LogP contribution in [0.25, 0.3) is 0 Å². The van der Waals surface area contributed by atoms with Crippen molar-refractivity contribution in [3.8, 4) is 6.07 Å². The van der Waals surface area contributed by atoms with E-state index in [0.717, 1.165) is 5.56 Å². The molecule has 0 bridgehead atoms. The van der Waals surface area contributed by atoms with E-state index in [4.69, 9.17) is 10.00 Å². The molecule has 1 aromatic carbocycles. The second kappa shape index (κ2) is 7.46. The SMILES string of the molecule is CC(OCC(=O)N(C)CCC#N)c1ccccc1. The monoisotopic (exact) mass is 246 g/mol. The molecule has 0 saturated carbocycles. The van der Waals surface area contributed by atoms with Gasteiger partial charge in [-0.3, -0.25) is 4.79 Å². The van der Waals surface area contributed by atoms with Crippen LogP contribution < -0.4 is 0 Å². The normalized spacial score (nSPS) is 11.6. The van der Waals surface area contributed by atoms with E-state index >= 15 is 0 Å². The fraction of sp³-hybridized carbons (Fsp3) is 0.429. The number of nitriles is 1. The van der Waals surface area contributed by atoms with Crippen LogP contribution in [-0.4, -0.2) is 31.0 Å². The summed E-state index contributed by atoms with van der Waals surface area (Å²) in [6.45, 7) is 2.40. The molecule has 96 valence electrons. The molecule has 1 rings (SSSR count). The largest absolute Gasteiger partial charge is 0.364 e. The highest BCUT2D eigenvalue weighted by Gasteiger charge is 2.11. The molecule has 0 aliphatic rings. The van der Waals surface area contributed by atoms with Gasteiger partial charge in [0, 0.05) is 13.6 Å². The van der Waals surface area contributed by atoms with Gasteiger partial charge in [-0.1, -0.05) is 30.3 Å². The first kappa shape index (κ1) is 14.2. The number of rotatable bonds is 6. The molecule has 4 nitrogen and oxygen atoms in total. The van der Waals surface area contributed by atoms with Crippen LogP contribution in [0.1, 0.15) is 25.0 Å². The number of nitrogens with zero attached hydrogens (tertiary/aromatic N) is 2. The maximum absolute atomic E-state index is 11.7. The molecule has 0 radical (unpaired) electrons. The van der Waals surface area contributed by atoms with Gasteiger partial charge >= 0.3 is 0 Å². The number of hydrogen-bond donors (Lipinski definition) is 0. The molecule has 1 atom stereocenters. The molecule has 0 aliphatic carbocycles. The molecule has 0 fully saturated rings. The van der Waals surface area contributed by atoms with Gasteiger partial charge in [-0.05, 0) is 12.5 Å². The van der Waals surface area contributed by atoms with E-state index in [2.05, 4.69) is 0 Å². The van der Waals surface area contributed by atoms with Crippen molar-refractivity contribution in [2.45, 2.75) is 19.4 Å². The highest BCUT2D eigenvalue weighted by Crippen LogP contribution is 2.15. The molecular weight excluding hydrogens is 228 g/mol. The highest BCUT2D eigenvalue weighted by atomic mass is 16.5. The molecule has 0 N–H and O–H groups in total. The molecule has 0 aliphatic heterocycles. The van der Waals surface area contributed by atoms with Gasteiger partial charge in [0.1, 0.15) is 6.61 Å². The van der Waals surface area contributed by atoms with E-state index in [9.17, 15) is 4.79 Å². The lowest BCUT2D eigenvalue weighted by atomic mass is 10.1. The summed E-state index contributed by atoms with van der Waals surface area (Å²) in [5, 5.41) is 8.44. The van der Waals surface area contributed by atoms with Gasteiger partial charge in [0.05, 0.1) is 18.6 Å². The third-order valence-corrected chi connectivity index (χ3v) is 2.71. The van der Waals surface area contributed by atoms with Gasteiger partial charge in [-0.2, -0.15) is 5.26 Å². The predicted molar refractivity (Wildman–Crippen MR) is 68.7 cm³/mol. The Kier molecular flexibility index (Phi) is 5.89. The van der Waals surface area contributed by atoms with Crippen LogP contribution in [0.2, 0.25) is 0 Å². The molecule has 0 aromatic heterocycles. The standard InChI is InChI=1S/C14H18N2O2/c1-12(13-7-4-3-5-8-13)18-11-14(17)16(2)10-6-9-15/h3-5,7-8,12H,6,10-11H2,1-2H3. The first-order valence-electron chi connectivity index (χ1n) is 5.92. The number of hydrogen-bond acceptors (Lipinski definition) is 3. The van der Waals surface area contributed by atoms with E-state index in [1.54, 1.807) is 7.05 Å². The maximum Gasteiger partial charge on any atom is 0.248 e. The summed E-state index contributed by atoms with van der Waals surface area (Å²) in [4.78, 5) is 13.2. The molecule has 1 unspecified atom stereocenters. The quantitative estimate of drug-likeness (QED) is 0.772. The van der Waals surface area contributed by atoms with Crippen LogP contribution >= 0.6 is 0 Å². The summed E-state index contributed by atoms with van der Waals surface area (Å²) in [5.74, 6) is -0.104. The Morgan fingerprint density at radius 1 is 1.44 bits per heavy atom. The third kappa shape index (κ3) is 4.56. The Morgan fingerprint density at radius 3 is 2.72 bits per heavy atom. The molecule has 0 spiro atoms. The molecule has 0 heterocycles. The van der Waals surface area contributed by atoms with Crippen LogP contribution in [0.3, 0.4) is 0 Å². The zero-order valence-corrected chi connectivity index (χ0v) is 10.8. The van der Waals surface area contributed by atoms with Crippen molar-refractivity contribution in [1.82, 2.24) is 4.90 Å². The van der Waals surface area contributed by atoms with Crippen molar-refractivity contribution < 1.29 is 9.53 Å². The summed E-state index contributed by atoms with van der Waals surface area (Å²) in [6, 6.07) is 11.8. The van der Waals surface area contributed by atoms with Crippen molar-refractivity contribution in [3.63, 3.8) is 0 Å². The first-order valence-corrected chi connectivity index (χ1v) is 5.92. The van der Waals surface area contributed by atoms with E-state index in [0.29, 0.717) is 13.0 Å². The van der Waals surface area contributed by atoms with Gasteiger partial charge in [0.15, 0.2) is 0 Å². The first-order chi connectivity index (χ1) is 8.65. The minimum absolute atomic E-state index is 0.0397. The summed E-state index contributed by atoms with van der Waals surface area (Å²) in [6.07, 6.45) is 0.232. The average molecular weight is 246 g/mol. The summed E-state index contributed by atoms with van der Waals surface area (Å²) in [7, 11) is 1.68. The molecule has 18 heavy (non-hydrogen) atoms. The van der Waals surface area contributed by atoms with E-state index in [1.807, 2.05) is 43.3 Å². The topological polar surface area (TPSA) is 53.3 Å². The number of benzene rings is 1. The zero-order valence-electron chi connectivity index (χ0n) is 10.8. The van der Waals surface area contributed by atoms with Crippen LogP contribution in [0, 0.1) is 11.3 Å². The zero-order chi connectivity index (χ0) is 13.4. The fourth-order valence-corrected chi connectivity index (χ4v) is 1.47. The van der Waals surface area contributed by atoms with Crippen molar-refractivity contribution in [3.05, 3.63) is 35.9 Å². The number of carbonyl (C=O) groups is 1. The smallest absolute Gasteiger partial charge is 0.248 e. The number of amides is 1. The lowest BCUT2D eigenvalue weighted by molar-refractivity contribution is -0.136. The highest BCUT2D eigenvalue weighted by molar-refractivity contribution is 5.77. The molecule has 1 aromatic rings. The van der Waals surface area contributed by atoms with E-state index in [1.165, 1.54) is 4.90 Å². The lowest BCUT2D eigenvalue weighted by Gasteiger charge is -2.18. The van der Waals surface area contributed by atoms with Gasteiger partial charge in [0.25, 0.3) is 0 Å². The van der Waals surface area contributed by atoms with Gasteiger partial charge in [0.2, 0.25) is 5.91 Å². The summed E-state index contributed by atoms with van der Waals surface area (Å²) >= 11 is 0. The number of carbonyl (C=O) groups excluding carboxylic acids is 1. The lowest BCUT2D eigenvalue weighted by Crippen LogP contribution is -2.31. The second-order valence-corrected chi connectivity index (χ2v) is 4.09. The molecular formula is C14H18N2O2. The minimum Gasteiger partial charge on any atom is -0.364 e. The Hall–Kier alpha value is -1.86. The molecule has 1 amide bonds. The Morgan fingerprint density at radius 2 is 2.11 bits per heavy atom. The summed E-state index contributed by atoms with van der Waals surface area (Å²) < 4.78 is 5.52. The van der Waals surface area contributed by atoms with Gasteiger partial charge in [-0.25, -0.2) is 0 Å². The number of ether oxygens (including phenoxy) is 1. The Balaban J connectivity index is 2.37. The Bertz CT molecular complexity index is 412. The Labute approximate surface area is 108 Å². The summed E-state index contributed by atoms with van der Waals surface area (Å²) in [5.41, 5.74) is 1.05. The van der Waals surface area contributed by atoms with Crippen LogP contribution in [0.15, 0.2) is 30.3 Å². The third-order valence-electron chi connectivity index (χ3n) is 2.71. The molecule has 0 saturated heterocycles. The van der Waals surface area contributed by atoms with Crippen molar-refractivity contribution in [1.29, 1.82) is 5.26 Å². The van der Waals surface area contributed by atoms with Crippen molar-refractivity contribution in [2.75, 3.05) is 20.2 Å².